The highest BCUT2D eigenvalue weighted by atomic mass is 16.1. The molecule has 3 N–H and O–H groups in total. The second-order valence-electron chi connectivity index (χ2n) is 2.90. The van der Waals surface area contributed by atoms with Crippen LogP contribution in [0.4, 0.5) is 5.95 Å². The molecule has 0 aliphatic carbocycles. The van der Waals surface area contributed by atoms with E-state index >= 15 is 0 Å². The van der Waals surface area contributed by atoms with Crippen LogP contribution in [0.1, 0.15) is 10.5 Å². The summed E-state index contributed by atoms with van der Waals surface area (Å²) in [5.41, 5.74) is 5.60. The van der Waals surface area contributed by atoms with E-state index < -0.39 is 0 Å². The fraction of sp³-hybridized carbons (Fsp3) is 0.125. The van der Waals surface area contributed by atoms with Crippen molar-refractivity contribution in [3.63, 3.8) is 0 Å². The van der Waals surface area contributed by atoms with Crippen LogP contribution in [0.25, 0.3) is 5.82 Å². The van der Waals surface area contributed by atoms with Gasteiger partial charge in [0.05, 0.1) is 0 Å². The van der Waals surface area contributed by atoms with Gasteiger partial charge in [-0.05, 0) is 12.1 Å². The maximum atomic E-state index is 11.2. The summed E-state index contributed by atoms with van der Waals surface area (Å²) >= 11 is 0. The van der Waals surface area contributed by atoms with Gasteiger partial charge in [-0.25, -0.2) is 4.98 Å². The van der Waals surface area contributed by atoms with E-state index in [0.717, 1.165) is 0 Å². The van der Waals surface area contributed by atoms with Crippen molar-refractivity contribution in [2.45, 2.75) is 0 Å². The lowest BCUT2D eigenvalue weighted by molar-refractivity contribution is 0.0957. The lowest BCUT2D eigenvalue weighted by atomic mass is 10.3. The highest BCUT2D eigenvalue weighted by Crippen LogP contribution is 2.02. The second-order valence-corrected chi connectivity index (χ2v) is 2.90. The molecule has 0 bridgehead atoms. The molecule has 2 rings (SSSR count). The first-order valence-corrected chi connectivity index (χ1v) is 4.44. The molecule has 2 aromatic heterocycles. The maximum absolute atomic E-state index is 11.2. The summed E-state index contributed by atoms with van der Waals surface area (Å²) in [7, 11) is 1.52. The van der Waals surface area contributed by atoms with E-state index in [1.165, 1.54) is 18.1 Å². The zero-order valence-electron chi connectivity index (χ0n) is 8.45. The van der Waals surface area contributed by atoms with Gasteiger partial charge in [-0.3, -0.25) is 4.79 Å². The minimum atomic E-state index is -0.294. The highest BCUT2D eigenvalue weighted by Gasteiger charge is 2.07. The van der Waals surface area contributed by atoms with Crippen LogP contribution >= 0.6 is 0 Å². The lowest BCUT2D eigenvalue weighted by Crippen LogP contribution is -2.19. The van der Waals surface area contributed by atoms with Gasteiger partial charge in [0.15, 0.2) is 11.5 Å². The summed E-state index contributed by atoms with van der Waals surface area (Å²) in [4.78, 5) is 14.9. The Labute approximate surface area is 90.5 Å². The van der Waals surface area contributed by atoms with Crippen molar-refractivity contribution in [2.24, 2.45) is 0 Å². The Morgan fingerprint density at radius 1 is 1.44 bits per heavy atom. The van der Waals surface area contributed by atoms with Crippen LogP contribution in [0.15, 0.2) is 18.5 Å². The number of nitrogens with two attached hydrogens (primary N) is 1. The molecule has 0 saturated heterocycles. The normalized spacial score (nSPS) is 10.1. The second kappa shape index (κ2) is 3.93. The Bertz CT molecular complexity index is 503. The van der Waals surface area contributed by atoms with Crippen LogP contribution in [0.2, 0.25) is 0 Å². The standard InChI is InChI=1S/C8H9N7O/c1-10-7(16)5-2-3-6(13-12-5)15-4-11-8(9)14-15/h2-4H,1H3,(H2,9,14)(H,10,16). The van der Waals surface area contributed by atoms with E-state index in [1.807, 2.05) is 0 Å². The number of nitrogens with one attached hydrogen (secondary N) is 1. The summed E-state index contributed by atoms with van der Waals surface area (Å²) in [6.07, 6.45) is 1.42. The number of anilines is 1. The lowest BCUT2D eigenvalue weighted by Gasteiger charge is -1.99. The Hall–Kier alpha value is -2.51. The molecule has 0 radical (unpaired) electrons. The van der Waals surface area contributed by atoms with Crippen LogP contribution in [0.5, 0.6) is 0 Å². The molecule has 8 heteroatoms. The third-order valence-electron chi connectivity index (χ3n) is 1.85. The summed E-state index contributed by atoms with van der Waals surface area (Å²) in [5, 5.41) is 13.9. The van der Waals surface area contributed by atoms with Crippen molar-refractivity contribution in [1.29, 1.82) is 0 Å². The van der Waals surface area contributed by atoms with Crippen LogP contribution in [-0.2, 0) is 0 Å². The molecule has 0 unspecified atom stereocenters. The van der Waals surface area contributed by atoms with Crippen molar-refractivity contribution in [3.8, 4) is 5.82 Å². The molecule has 2 heterocycles. The Kier molecular flexibility index (Phi) is 2.46. The molecule has 82 valence electrons. The number of nitrogen functional groups attached to an aromatic ring is 1. The smallest absolute Gasteiger partial charge is 0.271 e. The molecule has 0 aliphatic heterocycles. The average molecular weight is 219 g/mol. The Balaban J connectivity index is 2.29. The quantitative estimate of drug-likeness (QED) is 0.670. The molecule has 1 amide bonds. The van der Waals surface area contributed by atoms with E-state index in [-0.39, 0.29) is 17.5 Å². The minimum absolute atomic E-state index is 0.150. The van der Waals surface area contributed by atoms with Gasteiger partial charge in [0.2, 0.25) is 5.95 Å². The van der Waals surface area contributed by atoms with Gasteiger partial charge in [-0.1, -0.05) is 0 Å². The first-order chi connectivity index (χ1) is 7.70. The number of hydrogen-bond donors (Lipinski definition) is 2. The monoisotopic (exact) mass is 219 g/mol. The van der Waals surface area contributed by atoms with E-state index in [4.69, 9.17) is 5.73 Å². The number of rotatable bonds is 2. The maximum Gasteiger partial charge on any atom is 0.271 e. The topological polar surface area (TPSA) is 112 Å². The summed E-state index contributed by atoms with van der Waals surface area (Å²) in [6.45, 7) is 0. The van der Waals surface area contributed by atoms with Gasteiger partial charge in [-0.15, -0.1) is 15.3 Å². The zero-order valence-corrected chi connectivity index (χ0v) is 8.45. The third-order valence-corrected chi connectivity index (χ3v) is 1.85. The fourth-order valence-electron chi connectivity index (χ4n) is 1.08. The molecule has 0 atom stereocenters. The van der Waals surface area contributed by atoms with E-state index in [9.17, 15) is 4.79 Å². The van der Waals surface area contributed by atoms with Crippen molar-refractivity contribution < 1.29 is 4.79 Å². The number of carbonyl (C=O) groups excluding carboxylic acids is 1. The molecule has 0 saturated carbocycles. The van der Waals surface area contributed by atoms with Crippen LogP contribution in [0.3, 0.4) is 0 Å². The average Bonchev–Trinajstić information content (AvgIpc) is 2.75. The fourth-order valence-corrected chi connectivity index (χ4v) is 1.08. The van der Waals surface area contributed by atoms with Gasteiger partial charge in [-0.2, -0.15) is 4.68 Å². The third kappa shape index (κ3) is 1.80. The van der Waals surface area contributed by atoms with E-state index in [2.05, 4.69) is 25.6 Å². The highest BCUT2D eigenvalue weighted by molar-refractivity contribution is 5.91. The largest absolute Gasteiger partial charge is 0.366 e. The number of amides is 1. The molecular formula is C8H9N7O. The zero-order chi connectivity index (χ0) is 11.5. The molecule has 2 aromatic rings. The number of hydrogen-bond acceptors (Lipinski definition) is 6. The molecule has 0 spiro atoms. The van der Waals surface area contributed by atoms with Crippen molar-refractivity contribution in [3.05, 3.63) is 24.2 Å². The summed E-state index contributed by atoms with van der Waals surface area (Å²) in [6, 6.07) is 3.14. The van der Waals surface area contributed by atoms with Gasteiger partial charge in [0, 0.05) is 7.05 Å². The number of nitrogens with zero attached hydrogens (tertiary/aromatic N) is 5. The predicted octanol–water partition coefficient (Wildman–Crippen LogP) is -1.00. The molecule has 8 nitrogen and oxygen atoms in total. The Morgan fingerprint density at radius 3 is 2.75 bits per heavy atom. The van der Waals surface area contributed by atoms with Crippen LogP contribution in [-0.4, -0.2) is 37.9 Å². The van der Waals surface area contributed by atoms with Crippen molar-refractivity contribution in [1.82, 2.24) is 30.3 Å². The Morgan fingerprint density at radius 2 is 2.25 bits per heavy atom. The summed E-state index contributed by atoms with van der Waals surface area (Å²) in [5.74, 6) is 0.297. The number of carbonyl (C=O) groups is 1. The molecular weight excluding hydrogens is 210 g/mol. The van der Waals surface area contributed by atoms with E-state index in [1.54, 1.807) is 12.1 Å². The molecule has 0 aromatic carbocycles. The van der Waals surface area contributed by atoms with E-state index in [0.29, 0.717) is 5.82 Å². The molecule has 16 heavy (non-hydrogen) atoms. The number of aromatic nitrogens is 5. The van der Waals surface area contributed by atoms with Crippen molar-refractivity contribution in [2.75, 3.05) is 12.8 Å². The van der Waals surface area contributed by atoms with Crippen LogP contribution < -0.4 is 11.1 Å². The first-order valence-electron chi connectivity index (χ1n) is 4.44. The van der Waals surface area contributed by atoms with Gasteiger partial charge < -0.3 is 11.1 Å². The summed E-state index contributed by atoms with van der Waals surface area (Å²) < 4.78 is 1.37. The van der Waals surface area contributed by atoms with Crippen molar-refractivity contribution >= 4 is 11.9 Å². The molecule has 0 fully saturated rings. The van der Waals surface area contributed by atoms with Gasteiger partial charge in [0.1, 0.15) is 6.33 Å². The predicted molar refractivity (Wildman–Crippen MR) is 54.8 cm³/mol. The van der Waals surface area contributed by atoms with Gasteiger partial charge in [0.25, 0.3) is 5.91 Å². The molecule has 0 aliphatic rings. The van der Waals surface area contributed by atoms with Gasteiger partial charge >= 0.3 is 0 Å². The first kappa shape index (κ1) is 10.0. The SMILES string of the molecule is CNC(=O)c1ccc(-n2cnc(N)n2)nn1. The minimum Gasteiger partial charge on any atom is -0.366 e. The van der Waals surface area contributed by atoms with Crippen LogP contribution in [0, 0.1) is 0 Å².